The molecule has 0 bridgehead atoms. The molecule has 212 valence electrons. The zero-order chi connectivity index (χ0) is 29.0. The van der Waals surface area contributed by atoms with E-state index in [1.165, 1.54) is 7.11 Å². The molecule has 4 aromatic rings. The van der Waals surface area contributed by atoms with Gasteiger partial charge >= 0.3 is 12.1 Å². The number of ether oxygens (including phenoxy) is 3. The predicted molar refractivity (Wildman–Crippen MR) is 162 cm³/mol. The molecule has 0 saturated carbocycles. The van der Waals surface area contributed by atoms with Crippen LogP contribution < -0.4 is 35.1 Å². The molecule has 41 heavy (non-hydrogen) atoms. The monoisotopic (exact) mass is 554 g/mol. The van der Waals surface area contributed by atoms with Crippen molar-refractivity contribution in [3.8, 4) is 23.0 Å². The lowest BCUT2D eigenvalue weighted by Gasteiger charge is -2.24. The molecule has 4 amide bonds. The Bertz CT molecular complexity index is 1440. The van der Waals surface area contributed by atoms with Gasteiger partial charge in [-0.05, 0) is 79.6 Å². The predicted octanol–water partition coefficient (Wildman–Crippen LogP) is 7.05. The summed E-state index contributed by atoms with van der Waals surface area (Å²) in [6.45, 7) is 2.67. The second-order valence-electron chi connectivity index (χ2n) is 9.16. The van der Waals surface area contributed by atoms with E-state index in [4.69, 9.17) is 14.2 Å². The molecule has 0 unspecified atom stereocenters. The van der Waals surface area contributed by atoms with Gasteiger partial charge in [-0.15, -0.1) is 0 Å². The number of nitrogens with zero attached hydrogens (tertiary/aromatic N) is 1. The van der Waals surface area contributed by atoms with Gasteiger partial charge in [-0.2, -0.15) is 0 Å². The Morgan fingerprint density at radius 2 is 1.49 bits per heavy atom. The average Bonchev–Trinajstić information content (AvgIpc) is 2.98. The highest BCUT2D eigenvalue weighted by molar-refractivity contribution is 6.01. The zero-order valence-electron chi connectivity index (χ0n) is 23.3. The Labute approximate surface area is 240 Å². The fourth-order valence-electron chi connectivity index (χ4n) is 4.09. The first-order valence-corrected chi connectivity index (χ1v) is 13.2. The number of amides is 4. The molecule has 0 fully saturated rings. The summed E-state index contributed by atoms with van der Waals surface area (Å²) in [4.78, 5) is 27.5. The summed E-state index contributed by atoms with van der Waals surface area (Å²) in [7, 11) is 3.08. The fourth-order valence-corrected chi connectivity index (χ4v) is 4.09. The molecule has 0 aliphatic heterocycles. The van der Waals surface area contributed by atoms with E-state index >= 15 is 0 Å². The molecule has 4 aromatic carbocycles. The van der Waals surface area contributed by atoms with Crippen molar-refractivity contribution < 1.29 is 23.8 Å². The molecule has 9 nitrogen and oxygen atoms in total. The van der Waals surface area contributed by atoms with E-state index in [2.05, 4.69) is 16.0 Å². The van der Waals surface area contributed by atoms with Gasteiger partial charge in [0.2, 0.25) is 0 Å². The lowest BCUT2D eigenvalue weighted by Crippen LogP contribution is -2.38. The second kappa shape index (κ2) is 14.3. The molecule has 4 rings (SSSR count). The fraction of sp³-hybridized carbons (Fsp3) is 0.188. The van der Waals surface area contributed by atoms with Crippen LogP contribution in [0.15, 0.2) is 97.1 Å². The highest BCUT2D eigenvalue weighted by Gasteiger charge is 2.17. The number of nitrogens with one attached hydrogen (secondary N) is 3. The number of carbonyl (C=O) groups is 2. The van der Waals surface area contributed by atoms with Crippen molar-refractivity contribution in [2.24, 2.45) is 0 Å². The molecule has 0 spiro atoms. The zero-order valence-corrected chi connectivity index (χ0v) is 23.3. The Morgan fingerprint density at radius 1 is 0.756 bits per heavy atom. The second-order valence-corrected chi connectivity index (χ2v) is 9.16. The summed E-state index contributed by atoms with van der Waals surface area (Å²) in [6, 6.07) is 28.9. The molecule has 0 heterocycles. The van der Waals surface area contributed by atoms with Crippen molar-refractivity contribution in [2.45, 2.75) is 13.3 Å². The van der Waals surface area contributed by atoms with Gasteiger partial charge in [0.1, 0.15) is 23.0 Å². The molecular formula is C32H34N4O5. The van der Waals surface area contributed by atoms with E-state index in [1.807, 2.05) is 85.8 Å². The highest BCUT2D eigenvalue weighted by atomic mass is 16.5. The molecule has 0 aliphatic rings. The molecule has 0 saturated heterocycles. The van der Waals surface area contributed by atoms with Crippen LogP contribution in [-0.4, -0.2) is 39.4 Å². The lowest BCUT2D eigenvalue weighted by molar-refractivity contribution is 0.252. The van der Waals surface area contributed by atoms with Crippen LogP contribution in [0.1, 0.15) is 12.0 Å². The van der Waals surface area contributed by atoms with E-state index in [9.17, 15) is 9.59 Å². The van der Waals surface area contributed by atoms with Gasteiger partial charge in [-0.25, -0.2) is 9.59 Å². The van der Waals surface area contributed by atoms with Crippen LogP contribution in [0.25, 0.3) is 0 Å². The molecular weight excluding hydrogens is 520 g/mol. The van der Waals surface area contributed by atoms with Gasteiger partial charge < -0.3 is 30.2 Å². The number of para-hydroxylation sites is 1. The van der Waals surface area contributed by atoms with Crippen LogP contribution >= 0.6 is 0 Å². The molecule has 9 heteroatoms. The van der Waals surface area contributed by atoms with Crippen LogP contribution in [0.3, 0.4) is 0 Å². The number of methoxy groups -OCH3 is 2. The Hall–Kier alpha value is -5.18. The Kier molecular flexibility index (Phi) is 10.0. The van der Waals surface area contributed by atoms with Crippen LogP contribution in [0.4, 0.5) is 26.7 Å². The maximum Gasteiger partial charge on any atom is 0.326 e. The van der Waals surface area contributed by atoms with Crippen molar-refractivity contribution in [2.75, 3.05) is 42.8 Å². The first-order chi connectivity index (χ1) is 19.9. The van der Waals surface area contributed by atoms with Crippen molar-refractivity contribution in [1.29, 1.82) is 0 Å². The summed E-state index contributed by atoms with van der Waals surface area (Å²) in [6.07, 6.45) is 0.511. The maximum atomic E-state index is 13.4. The highest BCUT2D eigenvalue weighted by Crippen LogP contribution is 2.29. The normalized spacial score (nSPS) is 10.3. The van der Waals surface area contributed by atoms with E-state index < -0.39 is 0 Å². The number of anilines is 3. The van der Waals surface area contributed by atoms with Gasteiger partial charge in [-0.1, -0.05) is 30.3 Å². The third-order valence-electron chi connectivity index (χ3n) is 6.14. The van der Waals surface area contributed by atoms with E-state index in [1.54, 1.807) is 30.2 Å². The van der Waals surface area contributed by atoms with E-state index in [0.717, 1.165) is 11.3 Å². The number of hydrogen-bond acceptors (Lipinski definition) is 5. The minimum absolute atomic E-state index is 0.278. The number of benzene rings is 4. The maximum absolute atomic E-state index is 13.4. The van der Waals surface area contributed by atoms with Crippen LogP contribution in [-0.2, 0) is 0 Å². The first kappa shape index (κ1) is 28.8. The molecule has 0 aliphatic carbocycles. The quantitative estimate of drug-likeness (QED) is 0.172. The van der Waals surface area contributed by atoms with Crippen molar-refractivity contribution in [3.05, 3.63) is 103 Å². The van der Waals surface area contributed by atoms with E-state index in [0.29, 0.717) is 53.8 Å². The molecule has 0 aromatic heterocycles. The van der Waals surface area contributed by atoms with Crippen LogP contribution in [0.5, 0.6) is 23.0 Å². The van der Waals surface area contributed by atoms with Crippen LogP contribution in [0, 0.1) is 6.92 Å². The van der Waals surface area contributed by atoms with Gasteiger partial charge in [0.15, 0.2) is 0 Å². The standard InChI is InChI=1S/C32H34N4O5/c1-23-9-7-10-24(21-23)34-32(38)36(25-13-15-27(16-14-25)41-26-11-5-4-6-12-26)20-8-19-33-31(37)35-29-18-17-28(39-2)22-30(29)40-3/h4-7,9-18,21-22H,8,19-20H2,1-3H3,(H,34,38)(H2,33,35,37). The molecule has 0 atom stereocenters. The van der Waals surface area contributed by atoms with Gasteiger partial charge in [0.05, 0.1) is 19.9 Å². The summed E-state index contributed by atoms with van der Waals surface area (Å²) in [5.41, 5.74) is 2.96. The number of aryl methyl sites for hydroxylation is 1. The number of hydrogen-bond donors (Lipinski definition) is 3. The number of rotatable bonds is 11. The third-order valence-corrected chi connectivity index (χ3v) is 6.14. The molecule has 3 N–H and O–H groups in total. The van der Waals surface area contributed by atoms with Crippen molar-refractivity contribution >= 4 is 29.1 Å². The minimum Gasteiger partial charge on any atom is -0.497 e. The third kappa shape index (κ3) is 8.40. The Morgan fingerprint density at radius 3 is 2.20 bits per heavy atom. The van der Waals surface area contributed by atoms with Gasteiger partial charge in [0.25, 0.3) is 0 Å². The first-order valence-electron chi connectivity index (χ1n) is 13.2. The Balaban J connectivity index is 1.39. The summed E-state index contributed by atoms with van der Waals surface area (Å²) >= 11 is 0. The van der Waals surface area contributed by atoms with Crippen LogP contribution in [0.2, 0.25) is 0 Å². The molecule has 0 radical (unpaired) electrons. The van der Waals surface area contributed by atoms with Gasteiger partial charge in [-0.3, -0.25) is 4.90 Å². The summed E-state index contributed by atoms with van der Waals surface area (Å²) in [5.74, 6) is 2.49. The lowest BCUT2D eigenvalue weighted by atomic mass is 10.2. The van der Waals surface area contributed by atoms with E-state index in [-0.39, 0.29) is 12.1 Å². The topological polar surface area (TPSA) is 101 Å². The van der Waals surface area contributed by atoms with Crippen molar-refractivity contribution in [3.63, 3.8) is 0 Å². The minimum atomic E-state index is -0.383. The SMILES string of the molecule is COc1ccc(NC(=O)NCCCN(C(=O)Nc2cccc(C)c2)c2ccc(Oc3ccccc3)cc2)c(OC)c1. The van der Waals surface area contributed by atoms with Gasteiger partial charge in [0, 0.05) is 30.5 Å². The number of carbonyl (C=O) groups excluding carboxylic acids is 2. The average molecular weight is 555 g/mol. The largest absolute Gasteiger partial charge is 0.497 e. The summed E-state index contributed by atoms with van der Waals surface area (Å²) < 4.78 is 16.4. The smallest absolute Gasteiger partial charge is 0.326 e. The van der Waals surface area contributed by atoms with Crippen molar-refractivity contribution in [1.82, 2.24) is 5.32 Å². The summed E-state index contributed by atoms with van der Waals surface area (Å²) in [5, 5.41) is 8.59. The number of urea groups is 2.